The summed E-state index contributed by atoms with van der Waals surface area (Å²) in [5.74, 6) is 1.93. The predicted octanol–water partition coefficient (Wildman–Crippen LogP) is 14.4. The summed E-state index contributed by atoms with van der Waals surface area (Å²) in [5.41, 5.74) is 12.3. The summed E-state index contributed by atoms with van der Waals surface area (Å²) in [6, 6.07) is 80.8. The molecule has 3 heteroatoms. The van der Waals surface area contributed by atoms with E-state index in [-0.39, 0.29) is 0 Å². The van der Waals surface area contributed by atoms with Gasteiger partial charge in [0.1, 0.15) is 0 Å². The maximum Gasteiger partial charge on any atom is 0.164 e. The molecule has 12 rings (SSSR count). The van der Waals surface area contributed by atoms with E-state index in [1.807, 2.05) is 36.4 Å². The molecule has 0 N–H and O–H groups in total. The quantitative estimate of drug-likeness (QED) is 0.158. The van der Waals surface area contributed by atoms with Crippen LogP contribution >= 0.6 is 0 Å². The molecule has 0 radical (unpaired) electrons. The number of nitrogens with zero attached hydrogens (tertiary/aromatic N) is 3. The van der Waals surface area contributed by atoms with Crippen molar-refractivity contribution in [3.63, 3.8) is 0 Å². The SMILES string of the molecule is c1ccc(-c2nc(-c3ccccc3)nc(-c3ccc4c5ccccc5c5cccc(-c6ccc7c(c6)C(c6ccccc6)(c6ccccc6)c6ccccc6-7)c5c4c3)n2)cc1. The molecule has 1 aliphatic rings. The minimum absolute atomic E-state index is 0.497. The number of hydrogen-bond donors (Lipinski definition) is 0. The molecular weight excluding hydrogens is 739 g/mol. The van der Waals surface area contributed by atoms with Crippen molar-refractivity contribution >= 4 is 32.3 Å². The fourth-order valence-corrected chi connectivity index (χ4v) is 9.94. The number of aromatic nitrogens is 3. The third-order valence-electron chi connectivity index (χ3n) is 12.6. The zero-order chi connectivity index (χ0) is 40.3. The highest BCUT2D eigenvalue weighted by molar-refractivity contribution is 6.28. The molecule has 0 aliphatic heterocycles. The van der Waals surface area contributed by atoms with E-state index in [1.54, 1.807) is 0 Å². The smallest absolute Gasteiger partial charge is 0.164 e. The lowest BCUT2D eigenvalue weighted by atomic mass is 9.67. The van der Waals surface area contributed by atoms with Crippen LogP contribution in [0.25, 0.3) is 88.7 Å². The monoisotopic (exact) mass is 775 g/mol. The second kappa shape index (κ2) is 14.1. The summed E-state index contributed by atoms with van der Waals surface area (Å²) in [7, 11) is 0. The number of fused-ring (bicyclic) bond motifs is 9. The second-order valence-corrected chi connectivity index (χ2v) is 15.9. The van der Waals surface area contributed by atoms with Crippen molar-refractivity contribution in [1.82, 2.24) is 15.0 Å². The van der Waals surface area contributed by atoms with Gasteiger partial charge in [0, 0.05) is 16.7 Å². The third kappa shape index (κ3) is 5.48. The number of benzene rings is 10. The normalized spacial score (nSPS) is 12.7. The first-order chi connectivity index (χ1) is 30.3. The van der Waals surface area contributed by atoms with Crippen LogP contribution in [0.2, 0.25) is 0 Å². The molecule has 61 heavy (non-hydrogen) atoms. The zero-order valence-corrected chi connectivity index (χ0v) is 33.2. The van der Waals surface area contributed by atoms with Crippen LogP contribution in [0.15, 0.2) is 224 Å². The van der Waals surface area contributed by atoms with E-state index in [4.69, 9.17) is 15.0 Å². The summed E-state index contributed by atoms with van der Waals surface area (Å²) in [6.45, 7) is 0. The van der Waals surface area contributed by atoms with Gasteiger partial charge >= 0.3 is 0 Å². The van der Waals surface area contributed by atoms with Gasteiger partial charge in [-0.05, 0) is 89.0 Å². The summed E-state index contributed by atoms with van der Waals surface area (Å²) < 4.78 is 0. The summed E-state index contributed by atoms with van der Waals surface area (Å²) in [4.78, 5) is 15.3. The van der Waals surface area contributed by atoms with Crippen molar-refractivity contribution in [3.8, 4) is 56.4 Å². The van der Waals surface area contributed by atoms with E-state index >= 15 is 0 Å². The molecule has 0 amide bonds. The molecule has 284 valence electrons. The molecular formula is C58H37N3. The van der Waals surface area contributed by atoms with Crippen LogP contribution in [-0.4, -0.2) is 15.0 Å². The fourth-order valence-electron chi connectivity index (χ4n) is 9.94. The number of hydrogen-bond acceptors (Lipinski definition) is 3. The molecule has 0 atom stereocenters. The molecule has 0 spiro atoms. The Bertz CT molecular complexity index is 3360. The van der Waals surface area contributed by atoms with Crippen molar-refractivity contribution in [2.75, 3.05) is 0 Å². The standard InChI is InChI=1S/C58H37N3/c1-5-18-38(19-6-1)55-59-56(39-20-7-2-8-21-39)61-57(60-55)41-33-34-47-45-26-13-14-27-46(45)50-30-17-29-44(54(50)51(47)36-41)40-32-35-49-48-28-15-16-31-52(48)58(53(49)37-40,42-22-9-3-10-23-42)43-24-11-4-12-25-43/h1-37H. The van der Waals surface area contributed by atoms with E-state index in [1.165, 1.54) is 71.4 Å². The number of rotatable bonds is 6. The van der Waals surface area contributed by atoms with E-state index < -0.39 is 5.41 Å². The van der Waals surface area contributed by atoms with Crippen molar-refractivity contribution in [2.24, 2.45) is 0 Å². The van der Waals surface area contributed by atoms with E-state index in [9.17, 15) is 0 Å². The van der Waals surface area contributed by atoms with Gasteiger partial charge in [0.05, 0.1) is 5.41 Å². The maximum atomic E-state index is 5.14. The average molecular weight is 776 g/mol. The second-order valence-electron chi connectivity index (χ2n) is 15.9. The Kier molecular flexibility index (Phi) is 8.07. The highest BCUT2D eigenvalue weighted by Gasteiger charge is 2.46. The van der Waals surface area contributed by atoms with Gasteiger partial charge in [0.2, 0.25) is 0 Å². The molecule has 0 unspecified atom stereocenters. The molecule has 0 fully saturated rings. The molecule has 3 nitrogen and oxygen atoms in total. The maximum absolute atomic E-state index is 5.14. The molecule has 0 saturated heterocycles. The molecule has 0 saturated carbocycles. The Morgan fingerprint density at radius 3 is 1.36 bits per heavy atom. The van der Waals surface area contributed by atoms with Crippen LogP contribution < -0.4 is 0 Å². The van der Waals surface area contributed by atoms with Crippen molar-refractivity contribution in [2.45, 2.75) is 5.41 Å². The Balaban J connectivity index is 1.13. The van der Waals surface area contributed by atoms with Gasteiger partial charge in [-0.3, -0.25) is 0 Å². The van der Waals surface area contributed by atoms with E-state index in [2.05, 4.69) is 188 Å². The molecule has 10 aromatic carbocycles. The van der Waals surface area contributed by atoms with Gasteiger partial charge in [-0.1, -0.05) is 212 Å². The van der Waals surface area contributed by atoms with Gasteiger partial charge in [-0.25, -0.2) is 15.0 Å². The summed E-state index contributed by atoms with van der Waals surface area (Å²) in [5, 5.41) is 7.22. The highest BCUT2D eigenvalue weighted by Crippen LogP contribution is 2.57. The van der Waals surface area contributed by atoms with Gasteiger partial charge in [-0.15, -0.1) is 0 Å². The van der Waals surface area contributed by atoms with Gasteiger partial charge in [0.25, 0.3) is 0 Å². The Morgan fingerprint density at radius 2 is 0.721 bits per heavy atom. The van der Waals surface area contributed by atoms with Crippen LogP contribution in [0, 0.1) is 0 Å². The third-order valence-corrected chi connectivity index (χ3v) is 12.6. The van der Waals surface area contributed by atoms with Crippen molar-refractivity contribution in [1.29, 1.82) is 0 Å². The first-order valence-electron chi connectivity index (χ1n) is 20.9. The van der Waals surface area contributed by atoms with E-state index in [0.717, 1.165) is 22.1 Å². The predicted molar refractivity (Wildman–Crippen MR) is 251 cm³/mol. The molecule has 11 aromatic rings. The lowest BCUT2D eigenvalue weighted by Gasteiger charge is -2.34. The average Bonchev–Trinajstić information content (AvgIpc) is 3.65. The first-order valence-corrected chi connectivity index (χ1v) is 20.9. The Labute approximate surface area is 354 Å². The Morgan fingerprint density at radius 1 is 0.262 bits per heavy atom. The largest absolute Gasteiger partial charge is 0.208 e. The van der Waals surface area contributed by atoms with Gasteiger partial charge in [-0.2, -0.15) is 0 Å². The Hall–Kier alpha value is -8.01. The van der Waals surface area contributed by atoms with E-state index in [0.29, 0.717) is 17.5 Å². The fraction of sp³-hybridized carbons (Fsp3) is 0.0172. The molecule has 1 heterocycles. The van der Waals surface area contributed by atoms with Crippen molar-refractivity contribution < 1.29 is 0 Å². The first kappa shape index (κ1) is 35.0. The summed E-state index contributed by atoms with van der Waals surface area (Å²) >= 11 is 0. The minimum atomic E-state index is -0.497. The molecule has 1 aliphatic carbocycles. The van der Waals surface area contributed by atoms with Crippen LogP contribution in [-0.2, 0) is 5.41 Å². The minimum Gasteiger partial charge on any atom is -0.208 e. The van der Waals surface area contributed by atoms with Gasteiger partial charge < -0.3 is 0 Å². The van der Waals surface area contributed by atoms with Crippen LogP contribution in [0.5, 0.6) is 0 Å². The van der Waals surface area contributed by atoms with Gasteiger partial charge in [0.15, 0.2) is 17.5 Å². The zero-order valence-electron chi connectivity index (χ0n) is 33.2. The highest BCUT2D eigenvalue weighted by atomic mass is 15.0. The lowest BCUT2D eigenvalue weighted by molar-refractivity contribution is 0.769. The molecule has 0 bridgehead atoms. The molecule has 1 aromatic heterocycles. The lowest BCUT2D eigenvalue weighted by Crippen LogP contribution is -2.28. The van der Waals surface area contributed by atoms with Crippen molar-refractivity contribution in [3.05, 3.63) is 247 Å². The van der Waals surface area contributed by atoms with Crippen LogP contribution in [0.3, 0.4) is 0 Å². The summed E-state index contributed by atoms with van der Waals surface area (Å²) in [6.07, 6.45) is 0. The van der Waals surface area contributed by atoms with Crippen LogP contribution in [0.1, 0.15) is 22.3 Å². The topological polar surface area (TPSA) is 38.7 Å². The van der Waals surface area contributed by atoms with Crippen LogP contribution in [0.4, 0.5) is 0 Å².